The molecule has 1 aromatic carbocycles. The van der Waals surface area contributed by atoms with Crippen LogP contribution in [0.25, 0.3) is 0 Å². The van der Waals surface area contributed by atoms with E-state index in [-0.39, 0.29) is 23.7 Å². The van der Waals surface area contributed by atoms with Gasteiger partial charge in [-0.1, -0.05) is 46.2 Å². The van der Waals surface area contributed by atoms with Gasteiger partial charge in [0.2, 0.25) is 11.8 Å². The van der Waals surface area contributed by atoms with Crippen molar-refractivity contribution in [3.63, 3.8) is 0 Å². The monoisotopic (exact) mass is 451 g/mol. The van der Waals surface area contributed by atoms with Gasteiger partial charge in [-0.05, 0) is 36.0 Å². The molecule has 1 aromatic rings. The third-order valence-electron chi connectivity index (χ3n) is 6.42. The number of carbonyl (C=O) groups excluding carboxylic acids is 2. The predicted octanol–water partition coefficient (Wildman–Crippen LogP) is 3.95. The molecule has 0 bridgehead atoms. The molecule has 3 unspecified atom stereocenters. The van der Waals surface area contributed by atoms with Crippen molar-refractivity contribution in [2.24, 2.45) is 11.8 Å². The Morgan fingerprint density at radius 1 is 1.12 bits per heavy atom. The van der Waals surface area contributed by atoms with Gasteiger partial charge in [0.25, 0.3) is 0 Å². The van der Waals surface area contributed by atoms with Crippen LogP contribution in [0.1, 0.15) is 52.5 Å². The van der Waals surface area contributed by atoms with Crippen LogP contribution in [0, 0.1) is 11.8 Å². The smallest absolute Gasteiger partial charge is 0.387 e. The Hall–Kier alpha value is -2.22. The second-order valence-electron chi connectivity index (χ2n) is 9.43. The number of amides is 2. The molecule has 32 heavy (non-hydrogen) atoms. The van der Waals surface area contributed by atoms with Crippen molar-refractivity contribution in [2.75, 3.05) is 19.6 Å². The third-order valence-corrected chi connectivity index (χ3v) is 6.42. The molecule has 2 heterocycles. The molecule has 0 saturated carbocycles. The highest BCUT2D eigenvalue weighted by atomic mass is 19.3. The van der Waals surface area contributed by atoms with Crippen LogP contribution in [-0.2, 0) is 16.1 Å². The molecule has 2 amide bonds. The van der Waals surface area contributed by atoms with Gasteiger partial charge in [0.15, 0.2) is 0 Å². The Labute approximate surface area is 189 Å². The summed E-state index contributed by atoms with van der Waals surface area (Å²) < 4.78 is 29.3. The number of rotatable bonds is 9. The van der Waals surface area contributed by atoms with Gasteiger partial charge in [-0.3, -0.25) is 14.5 Å². The van der Waals surface area contributed by atoms with E-state index in [1.165, 1.54) is 12.1 Å². The molecular formula is C24H35F2N3O3. The van der Waals surface area contributed by atoms with Gasteiger partial charge in [-0.15, -0.1) is 0 Å². The number of alkyl halides is 2. The van der Waals surface area contributed by atoms with Crippen molar-refractivity contribution in [1.82, 2.24) is 14.7 Å². The minimum Gasteiger partial charge on any atom is -0.435 e. The number of nitrogens with zero attached hydrogens (tertiary/aromatic N) is 3. The maximum atomic E-state index is 13.3. The highest BCUT2D eigenvalue weighted by Crippen LogP contribution is 2.30. The molecule has 0 N–H and O–H groups in total. The SMILES string of the molecule is CCC(C)CN1CC2N(Cc3ccc(OC(F)F)cc3)CCC(=O)N2C(CC(C)C)C1=O. The molecule has 6 nitrogen and oxygen atoms in total. The average Bonchev–Trinajstić information content (AvgIpc) is 2.73. The average molecular weight is 452 g/mol. The van der Waals surface area contributed by atoms with Crippen LogP contribution in [-0.4, -0.2) is 65.0 Å². The lowest BCUT2D eigenvalue weighted by atomic mass is 9.95. The molecule has 0 aromatic heterocycles. The summed E-state index contributed by atoms with van der Waals surface area (Å²) in [5.41, 5.74) is 0.951. The first kappa shape index (κ1) is 24.4. The quantitative estimate of drug-likeness (QED) is 0.571. The molecule has 3 rings (SSSR count). The third kappa shape index (κ3) is 5.77. The van der Waals surface area contributed by atoms with Crippen LogP contribution in [0.4, 0.5) is 8.78 Å². The summed E-state index contributed by atoms with van der Waals surface area (Å²) in [6, 6.07) is 6.18. The molecule has 8 heteroatoms. The molecule has 0 aliphatic carbocycles. The summed E-state index contributed by atoms with van der Waals surface area (Å²) in [5, 5.41) is 0. The molecule has 2 aliphatic heterocycles. The summed E-state index contributed by atoms with van der Waals surface area (Å²) in [6.45, 7) is 7.93. The Balaban J connectivity index is 1.82. The number of carbonyl (C=O) groups is 2. The predicted molar refractivity (Wildman–Crippen MR) is 118 cm³/mol. The maximum absolute atomic E-state index is 13.3. The van der Waals surface area contributed by atoms with E-state index in [9.17, 15) is 18.4 Å². The first-order chi connectivity index (χ1) is 15.2. The van der Waals surface area contributed by atoms with Crippen molar-refractivity contribution >= 4 is 11.8 Å². The van der Waals surface area contributed by atoms with Crippen molar-refractivity contribution < 1.29 is 23.1 Å². The Morgan fingerprint density at radius 3 is 2.41 bits per heavy atom. The van der Waals surface area contributed by atoms with Crippen molar-refractivity contribution in [3.8, 4) is 5.75 Å². The van der Waals surface area contributed by atoms with Gasteiger partial charge < -0.3 is 14.5 Å². The van der Waals surface area contributed by atoms with Gasteiger partial charge >= 0.3 is 6.61 Å². The minimum absolute atomic E-state index is 0.0362. The number of hydrogen-bond acceptors (Lipinski definition) is 4. The highest BCUT2D eigenvalue weighted by molar-refractivity contribution is 5.89. The van der Waals surface area contributed by atoms with E-state index in [4.69, 9.17) is 0 Å². The Morgan fingerprint density at radius 2 is 1.81 bits per heavy atom. The van der Waals surface area contributed by atoms with E-state index >= 15 is 0 Å². The van der Waals surface area contributed by atoms with E-state index in [1.54, 1.807) is 12.1 Å². The van der Waals surface area contributed by atoms with E-state index in [0.29, 0.717) is 50.9 Å². The van der Waals surface area contributed by atoms with Gasteiger partial charge in [0.1, 0.15) is 18.0 Å². The van der Waals surface area contributed by atoms with Crippen LogP contribution < -0.4 is 4.74 Å². The lowest BCUT2D eigenvalue weighted by Crippen LogP contribution is -2.70. The van der Waals surface area contributed by atoms with Gasteiger partial charge in [-0.2, -0.15) is 8.78 Å². The Kier molecular flexibility index (Phi) is 8.09. The number of hydrogen-bond donors (Lipinski definition) is 0. The second-order valence-corrected chi connectivity index (χ2v) is 9.43. The number of halogens is 2. The van der Waals surface area contributed by atoms with Crippen LogP contribution in [0.5, 0.6) is 5.75 Å². The van der Waals surface area contributed by atoms with Crippen LogP contribution in [0.15, 0.2) is 24.3 Å². The molecular weight excluding hydrogens is 416 g/mol. The largest absolute Gasteiger partial charge is 0.435 e. The fraction of sp³-hybridized carbons (Fsp3) is 0.667. The molecule has 0 radical (unpaired) electrons. The summed E-state index contributed by atoms with van der Waals surface area (Å²) in [6.07, 6.45) is 1.82. The van der Waals surface area contributed by atoms with Crippen molar-refractivity contribution in [1.29, 1.82) is 0 Å². The minimum atomic E-state index is -2.85. The molecule has 178 valence electrons. The zero-order valence-corrected chi connectivity index (χ0v) is 19.5. The topological polar surface area (TPSA) is 53.1 Å². The number of fused-ring (bicyclic) bond motifs is 1. The standard InChI is InChI=1S/C24H35F2N3O3/c1-5-17(4)13-28-15-21-27(14-18-6-8-19(9-7-18)32-24(25)26)11-10-22(30)29(21)20(23(28)31)12-16(2)3/h6-9,16-17,20-21,24H,5,10-15H2,1-4H3. The van der Waals surface area contributed by atoms with Crippen LogP contribution in [0.3, 0.4) is 0 Å². The van der Waals surface area contributed by atoms with Crippen molar-refractivity contribution in [3.05, 3.63) is 29.8 Å². The molecule has 2 saturated heterocycles. The number of piperazine rings is 1. The molecule has 2 aliphatic rings. The van der Waals surface area contributed by atoms with E-state index < -0.39 is 12.7 Å². The fourth-order valence-corrected chi connectivity index (χ4v) is 4.59. The highest BCUT2D eigenvalue weighted by Gasteiger charge is 2.47. The summed E-state index contributed by atoms with van der Waals surface area (Å²) in [7, 11) is 0. The zero-order chi connectivity index (χ0) is 23.4. The second kappa shape index (κ2) is 10.6. The normalized spacial score (nSPS) is 23.1. The van der Waals surface area contributed by atoms with Gasteiger partial charge in [0.05, 0.1) is 6.54 Å². The van der Waals surface area contributed by atoms with Gasteiger partial charge in [0, 0.05) is 26.1 Å². The summed E-state index contributed by atoms with van der Waals surface area (Å²) in [4.78, 5) is 32.3. The van der Waals surface area contributed by atoms with Crippen LogP contribution >= 0.6 is 0 Å². The Bertz CT molecular complexity index is 787. The maximum Gasteiger partial charge on any atom is 0.387 e. The van der Waals surface area contributed by atoms with Gasteiger partial charge in [-0.25, -0.2) is 0 Å². The molecule has 0 spiro atoms. The van der Waals surface area contributed by atoms with E-state index in [1.807, 2.05) is 9.80 Å². The van der Waals surface area contributed by atoms with Crippen molar-refractivity contribution in [2.45, 2.75) is 72.3 Å². The van der Waals surface area contributed by atoms with E-state index in [0.717, 1.165) is 12.0 Å². The first-order valence-corrected chi connectivity index (χ1v) is 11.6. The fourth-order valence-electron chi connectivity index (χ4n) is 4.59. The summed E-state index contributed by atoms with van der Waals surface area (Å²) in [5.74, 6) is 0.895. The molecule has 3 atom stereocenters. The lowest BCUT2D eigenvalue weighted by molar-refractivity contribution is -0.172. The lowest BCUT2D eigenvalue weighted by Gasteiger charge is -2.53. The van der Waals surface area contributed by atoms with Crippen LogP contribution in [0.2, 0.25) is 0 Å². The number of benzene rings is 1. The zero-order valence-electron chi connectivity index (χ0n) is 19.5. The molecule has 2 fully saturated rings. The summed E-state index contributed by atoms with van der Waals surface area (Å²) >= 11 is 0. The first-order valence-electron chi connectivity index (χ1n) is 11.6. The van der Waals surface area contributed by atoms with E-state index in [2.05, 4.69) is 37.3 Å². The number of ether oxygens (including phenoxy) is 1.